The van der Waals surface area contributed by atoms with E-state index in [-0.39, 0.29) is 37.4 Å². The smallest absolute Gasteiger partial charge is 0.252 e. The van der Waals surface area contributed by atoms with Crippen molar-refractivity contribution in [2.75, 3.05) is 33.3 Å². The zero-order valence-corrected chi connectivity index (χ0v) is 13.9. The minimum Gasteiger partial charge on any atom is -0.395 e. The van der Waals surface area contributed by atoms with Crippen LogP contribution in [0.5, 0.6) is 0 Å². The first-order valence-corrected chi connectivity index (χ1v) is 6.88. The Bertz CT molecular complexity index is 448. The van der Waals surface area contributed by atoms with Crippen molar-refractivity contribution in [2.45, 2.75) is 13.8 Å². The van der Waals surface area contributed by atoms with Gasteiger partial charge in [-0.15, -0.1) is 0 Å². The summed E-state index contributed by atoms with van der Waals surface area (Å²) < 4.78 is 0. The Morgan fingerprint density at radius 2 is 1.57 bits per heavy atom. The molecule has 2 N–H and O–H groups in total. The van der Waals surface area contributed by atoms with Gasteiger partial charge in [0.15, 0.2) is 0 Å². The zero-order valence-electron chi connectivity index (χ0n) is 13.9. The van der Waals surface area contributed by atoms with Crippen molar-refractivity contribution >= 4 is 23.6 Å². The lowest BCUT2D eigenvalue weighted by Crippen LogP contribution is -2.39. The number of nitrogens with one attached hydrogen (secondary N) is 1. The Morgan fingerprint density at radius 1 is 1.04 bits per heavy atom. The highest BCUT2D eigenvalue weighted by Gasteiger charge is 2.13. The van der Waals surface area contributed by atoms with Gasteiger partial charge in [0.25, 0.3) is 5.91 Å². The molecule has 0 aliphatic carbocycles. The fourth-order valence-electron chi connectivity index (χ4n) is 1.29. The highest BCUT2D eigenvalue weighted by molar-refractivity contribution is 5.99. The predicted molar refractivity (Wildman–Crippen MR) is 86.2 cm³/mol. The third kappa shape index (κ3) is 11.8. The maximum absolute atomic E-state index is 11.1. The first kappa shape index (κ1) is 22.8. The number of rotatable bonds is 7. The molecule has 0 rings (SSSR count). The molecular formula is C15H25N3O5. The molecule has 0 unspecified atom stereocenters. The van der Waals surface area contributed by atoms with Crippen LogP contribution < -0.4 is 5.32 Å². The summed E-state index contributed by atoms with van der Waals surface area (Å²) in [5.41, 5.74) is 0. The molecule has 0 aromatic rings. The molecule has 4 amide bonds. The van der Waals surface area contributed by atoms with Gasteiger partial charge in [-0.2, -0.15) is 0 Å². The molecule has 8 nitrogen and oxygen atoms in total. The second-order valence-electron chi connectivity index (χ2n) is 4.38. The number of aliphatic hydroxyl groups is 1. The van der Waals surface area contributed by atoms with E-state index in [4.69, 9.17) is 5.11 Å². The Kier molecular flexibility index (Phi) is 13.1. The molecule has 0 radical (unpaired) electrons. The summed E-state index contributed by atoms with van der Waals surface area (Å²) in [4.78, 5) is 45.6. The number of aliphatic hydroxyl groups excluding tert-OH is 1. The number of hydrogen-bond donors (Lipinski definition) is 2. The highest BCUT2D eigenvalue weighted by atomic mass is 16.3. The lowest BCUT2D eigenvalue weighted by Gasteiger charge is -2.16. The van der Waals surface area contributed by atoms with Crippen LogP contribution in [-0.4, -0.2) is 71.8 Å². The van der Waals surface area contributed by atoms with Crippen LogP contribution in [-0.2, 0) is 19.2 Å². The maximum Gasteiger partial charge on any atom is 0.252 e. The molecule has 0 spiro atoms. The molecule has 0 aliphatic rings. The standard InChI is InChI=1S/C9H14N2O3.C6H11NO2/c1-4-9(14)11(8(3)13)6-5-10-7(2)12;1-3-6(9)7(2)4-5-8/h4H,1,5-6H2,2-3H3,(H,10,12);3,8H,1,4-5H2,2H3. The van der Waals surface area contributed by atoms with Gasteiger partial charge in [-0.3, -0.25) is 24.1 Å². The van der Waals surface area contributed by atoms with Gasteiger partial charge in [0.1, 0.15) is 0 Å². The monoisotopic (exact) mass is 327 g/mol. The molecule has 0 bridgehead atoms. The normalized spacial score (nSPS) is 8.87. The maximum atomic E-state index is 11.1. The van der Waals surface area contributed by atoms with Crippen molar-refractivity contribution < 1.29 is 24.3 Å². The topological polar surface area (TPSA) is 107 Å². The number of carbonyl (C=O) groups excluding carboxylic acids is 4. The van der Waals surface area contributed by atoms with E-state index in [0.717, 1.165) is 11.0 Å². The Balaban J connectivity index is 0. The van der Waals surface area contributed by atoms with Gasteiger partial charge in [-0.25, -0.2) is 0 Å². The van der Waals surface area contributed by atoms with Crippen LogP contribution in [0.3, 0.4) is 0 Å². The van der Waals surface area contributed by atoms with Crippen LogP contribution in [0.15, 0.2) is 25.3 Å². The first-order valence-electron chi connectivity index (χ1n) is 6.88. The van der Waals surface area contributed by atoms with E-state index >= 15 is 0 Å². The van der Waals surface area contributed by atoms with Crippen molar-refractivity contribution in [3.8, 4) is 0 Å². The van der Waals surface area contributed by atoms with Crippen molar-refractivity contribution in [2.24, 2.45) is 0 Å². The third-order valence-electron chi connectivity index (χ3n) is 2.52. The van der Waals surface area contributed by atoms with Gasteiger partial charge in [-0.05, 0) is 12.2 Å². The van der Waals surface area contributed by atoms with Crippen LogP contribution in [0.2, 0.25) is 0 Å². The molecule has 0 aromatic heterocycles. The van der Waals surface area contributed by atoms with Crippen molar-refractivity contribution in [3.63, 3.8) is 0 Å². The first-order chi connectivity index (χ1) is 10.7. The summed E-state index contributed by atoms with van der Waals surface area (Å²) in [7, 11) is 1.61. The molecule has 130 valence electrons. The van der Waals surface area contributed by atoms with Gasteiger partial charge in [0, 0.05) is 40.5 Å². The van der Waals surface area contributed by atoms with E-state index < -0.39 is 5.91 Å². The van der Waals surface area contributed by atoms with E-state index in [1.54, 1.807) is 7.05 Å². The highest BCUT2D eigenvalue weighted by Crippen LogP contribution is 1.91. The Hall–Kier alpha value is -2.48. The second kappa shape index (κ2) is 13.2. The fraction of sp³-hybridized carbons (Fsp3) is 0.467. The van der Waals surface area contributed by atoms with Crippen molar-refractivity contribution in [3.05, 3.63) is 25.3 Å². The fourth-order valence-corrected chi connectivity index (χ4v) is 1.29. The largest absolute Gasteiger partial charge is 0.395 e. The van der Waals surface area contributed by atoms with E-state index in [0.29, 0.717) is 6.54 Å². The number of amides is 4. The summed E-state index contributed by atoms with van der Waals surface area (Å²) in [6.45, 7) is 10.0. The summed E-state index contributed by atoms with van der Waals surface area (Å²) in [5.74, 6) is -1.17. The van der Waals surface area contributed by atoms with E-state index in [2.05, 4.69) is 18.5 Å². The number of likely N-dealkylation sites (N-methyl/N-ethyl adjacent to an activating group) is 1. The van der Waals surface area contributed by atoms with Crippen LogP contribution >= 0.6 is 0 Å². The Morgan fingerprint density at radius 3 is 1.91 bits per heavy atom. The molecule has 0 saturated carbocycles. The van der Waals surface area contributed by atoms with Crippen LogP contribution in [0.25, 0.3) is 0 Å². The molecule has 0 fully saturated rings. The Labute approximate surface area is 136 Å². The minimum absolute atomic E-state index is 0.00389. The van der Waals surface area contributed by atoms with Crippen molar-refractivity contribution in [1.29, 1.82) is 0 Å². The number of carbonyl (C=O) groups is 4. The van der Waals surface area contributed by atoms with Crippen LogP contribution in [0, 0.1) is 0 Å². The summed E-state index contributed by atoms with van der Waals surface area (Å²) in [5, 5.41) is 10.8. The zero-order chi connectivity index (χ0) is 18.4. The average molecular weight is 327 g/mol. The molecule has 0 atom stereocenters. The van der Waals surface area contributed by atoms with Gasteiger partial charge in [-0.1, -0.05) is 13.2 Å². The van der Waals surface area contributed by atoms with Gasteiger partial charge >= 0.3 is 0 Å². The summed E-state index contributed by atoms with van der Waals surface area (Å²) >= 11 is 0. The predicted octanol–water partition coefficient (Wildman–Crippen LogP) is -0.693. The number of imide groups is 1. The molecule has 8 heteroatoms. The molecule has 0 saturated heterocycles. The van der Waals surface area contributed by atoms with E-state index in [9.17, 15) is 19.2 Å². The molecular weight excluding hydrogens is 302 g/mol. The summed E-state index contributed by atoms with van der Waals surface area (Å²) in [6, 6.07) is 0. The SMILES string of the molecule is C=CC(=O)N(C)CCO.C=CC(=O)N(CCNC(C)=O)C(C)=O. The molecule has 0 aliphatic heterocycles. The number of nitrogens with zero attached hydrogens (tertiary/aromatic N) is 2. The third-order valence-corrected chi connectivity index (χ3v) is 2.52. The second-order valence-corrected chi connectivity index (χ2v) is 4.38. The van der Waals surface area contributed by atoms with Crippen molar-refractivity contribution in [1.82, 2.24) is 15.1 Å². The average Bonchev–Trinajstić information content (AvgIpc) is 2.50. The van der Waals surface area contributed by atoms with Gasteiger partial charge in [0.05, 0.1) is 6.61 Å². The summed E-state index contributed by atoms with van der Waals surface area (Å²) in [6.07, 6.45) is 2.28. The number of hydrogen-bond acceptors (Lipinski definition) is 5. The lowest BCUT2D eigenvalue weighted by molar-refractivity contribution is -0.140. The van der Waals surface area contributed by atoms with E-state index in [1.807, 2.05) is 0 Å². The van der Waals surface area contributed by atoms with Crippen LogP contribution in [0.1, 0.15) is 13.8 Å². The molecule has 23 heavy (non-hydrogen) atoms. The minimum atomic E-state index is -0.456. The quantitative estimate of drug-likeness (QED) is 0.602. The van der Waals surface area contributed by atoms with E-state index in [1.165, 1.54) is 24.8 Å². The van der Waals surface area contributed by atoms with Gasteiger partial charge < -0.3 is 15.3 Å². The lowest BCUT2D eigenvalue weighted by atomic mass is 10.4. The van der Waals surface area contributed by atoms with Crippen LogP contribution in [0.4, 0.5) is 0 Å². The molecule has 0 aromatic carbocycles. The van der Waals surface area contributed by atoms with Gasteiger partial charge in [0.2, 0.25) is 17.7 Å². The molecule has 0 heterocycles.